The molecule has 2 aliphatic heterocycles. The second-order valence-corrected chi connectivity index (χ2v) is 5.04. The average Bonchev–Trinajstić information content (AvgIpc) is 3.01. The fourth-order valence-electron chi connectivity index (χ4n) is 2.92. The Balaban J connectivity index is 1.54. The molecule has 1 aromatic rings. The van der Waals surface area contributed by atoms with E-state index in [9.17, 15) is 4.79 Å². The maximum absolute atomic E-state index is 12.0. The van der Waals surface area contributed by atoms with Gasteiger partial charge in [0.2, 0.25) is 5.91 Å². The predicted octanol–water partition coefficient (Wildman–Crippen LogP) is 0.740. The molecule has 2 fully saturated rings. The fraction of sp³-hybridized carbons (Fsp3) is 0.667. The number of aromatic nitrogens is 1. The third-order valence-electron chi connectivity index (χ3n) is 3.76. The van der Waals surface area contributed by atoms with Gasteiger partial charge in [0.25, 0.3) is 0 Å². The van der Waals surface area contributed by atoms with Gasteiger partial charge < -0.3 is 15.2 Å². The maximum atomic E-state index is 12.0. The van der Waals surface area contributed by atoms with Crippen LogP contribution in [0.1, 0.15) is 30.7 Å². The van der Waals surface area contributed by atoms with Crippen LogP contribution in [-0.4, -0.2) is 23.1 Å². The zero-order chi connectivity index (χ0) is 11.8. The van der Waals surface area contributed by atoms with Gasteiger partial charge in [0.05, 0.1) is 12.5 Å². The molecule has 0 aliphatic carbocycles. The third kappa shape index (κ3) is 2.07. The number of carbonyl (C=O) groups excluding carboxylic acids is 1. The predicted molar refractivity (Wildman–Crippen MR) is 61.1 cm³/mol. The Bertz CT molecular complexity index is 429. The zero-order valence-electron chi connectivity index (χ0n) is 9.90. The highest BCUT2D eigenvalue weighted by Crippen LogP contribution is 2.33. The molecule has 5 heteroatoms. The van der Waals surface area contributed by atoms with E-state index in [1.54, 1.807) is 0 Å². The number of fused-ring (bicyclic) bond motifs is 2. The minimum absolute atomic E-state index is 0.141. The highest BCUT2D eigenvalue weighted by Gasteiger charge is 2.42. The van der Waals surface area contributed by atoms with E-state index in [-0.39, 0.29) is 11.8 Å². The van der Waals surface area contributed by atoms with Crippen LogP contribution in [0.4, 0.5) is 0 Å². The lowest BCUT2D eigenvalue weighted by Crippen LogP contribution is -2.37. The van der Waals surface area contributed by atoms with Gasteiger partial charge in [-0.15, -0.1) is 0 Å². The molecular weight excluding hydrogens is 218 g/mol. The quantitative estimate of drug-likeness (QED) is 0.811. The first kappa shape index (κ1) is 10.8. The molecule has 2 aliphatic rings. The Hall–Kier alpha value is -1.36. The molecule has 3 heterocycles. The number of rotatable bonds is 3. The Morgan fingerprint density at radius 1 is 1.65 bits per heavy atom. The molecular formula is C12H17N3O2. The maximum Gasteiger partial charge on any atom is 0.225 e. The lowest BCUT2D eigenvalue weighted by Gasteiger charge is -2.18. The lowest BCUT2D eigenvalue weighted by atomic mass is 9.88. The second kappa shape index (κ2) is 4.14. The summed E-state index contributed by atoms with van der Waals surface area (Å²) < 4.78 is 4.96. The SMILES string of the molecule is Cc1cc(CNC(=O)C2CC3CCC2N3)no1. The first-order valence-corrected chi connectivity index (χ1v) is 6.18. The van der Waals surface area contributed by atoms with E-state index in [2.05, 4.69) is 15.8 Å². The van der Waals surface area contributed by atoms with Crippen molar-refractivity contribution in [2.75, 3.05) is 0 Å². The molecule has 2 bridgehead atoms. The first-order chi connectivity index (χ1) is 8.22. The van der Waals surface area contributed by atoms with Crippen LogP contribution < -0.4 is 10.6 Å². The number of nitrogens with zero attached hydrogens (tertiary/aromatic N) is 1. The largest absolute Gasteiger partial charge is 0.361 e. The monoisotopic (exact) mass is 235 g/mol. The van der Waals surface area contributed by atoms with E-state index in [0.29, 0.717) is 18.6 Å². The molecule has 3 rings (SSSR count). The number of nitrogens with one attached hydrogen (secondary N) is 2. The van der Waals surface area contributed by atoms with Gasteiger partial charge in [0, 0.05) is 18.2 Å². The molecule has 1 aromatic heterocycles. The molecule has 0 radical (unpaired) electrons. The molecule has 0 saturated carbocycles. The standard InChI is InChI=1S/C12H17N3O2/c1-7-4-9(15-17-7)6-13-12(16)10-5-8-2-3-11(10)14-8/h4,8,10-11,14H,2-3,5-6H2,1H3,(H,13,16). The molecule has 2 N–H and O–H groups in total. The van der Waals surface area contributed by atoms with Crippen LogP contribution in [0.5, 0.6) is 0 Å². The van der Waals surface area contributed by atoms with E-state index >= 15 is 0 Å². The van der Waals surface area contributed by atoms with Crippen LogP contribution >= 0.6 is 0 Å². The highest BCUT2D eigenvalue weighted by molar-refractivity contribution is 5.80. The van der Waals surface area contributed by atoms with Crippen LogP contribution in [0.25, 0.3) is 0 Å². The average molecular weight is 235 g/mol. The van der Waals surface area contributed by atoms with Crippen molar-refractivity contribution in [2.45, 2.75) is 44.8 Å². The topological polar surface area (TPSA) is 67.2 Å². The summed E-state index contributed by atoms with van der Waals surface area (Å²) in [7, 11) is 0. The Labute approximate surface area is 99.9 Å². The Morgan fingerprint density at radius 3 is 3.12 bits per heavy atom. The summed E-state index contributed by atoms with van der Waals surface area (Å²) in [5.41, 5.74) is 0.784. The minimum atomic E-state index is 0.141. The van der Waals surface area contributed by atoms with Gasteiger partial charge >= 0.3 is 0 Å². The van der Waals surface area contributed by atoms with Gasteiger partial charge in [0.1, 0.15) is 11.5 Å². The molecule has 3 atom stereocenters. The molecule has 0 aromatic carbocycles. The molecule has 3 unspecified atom stereocenters. The van der Waals surface area contributed by atoms with Crippen molar-refractivity contribution in [3.63, 3.8) is 0 Å². The van der Waals surface area contributed by atoms with Gasteiger partial charge in [-0.3, -0.25) is 4.79 Å². The van der Waals surface area contributed by atoms with E-state index in [1.807, 2.05) is 13.0 Å². The molecule has 92 valence electrons. The summed E-state index contributed by atoms with van der Waals surface area (Å²) in [6.45, 7) is 2.31. The van der Waals surface area contributed by atoms with Crippen LogP contribution in [0.2, 0.25) is 0 Å². The zero-order valence-corrected chi connectivity index (χ0v) is 9.90. The van der Waals surface area contributed by atoms with Crippen molar-refractivity contribution in [2.24, 2.45) is 5.92 Å². The minimum Gasteiger partial charge on any atom is -0.361 e. The van der Waals surface area contributed by atoms with Gasteiger partial charge in [-0.2, -0.15) is 0 Å². The summed E-state index contributed by atoms with van der Waals surface area (Å²) in [6.07, 6.45) is 3.33. The fourth-order valence-corrected chi connectivity index (χ4v) is 2.92. The van der Waals surface area contributed by atoms with Crippen molar-refractivity contribution < 1.29 is 9.32 Å². The summed E-state index contributed by atoms with van der Waals surface area (Å²) in [4.78, 5) is 12.0. The number of carbonyl (C=O) groups is 1. The highest BCUT2D eigenvalue weighted by atomic mass is 16.5. The summed E-state index contributed by atoms with van der Waals surface area (Å²) in [6, 6.07) is 2.79. The smallest absolute Gasteiger partial charge is 0.225 e. The van der Waals surface area contributed by atoms with E-state index in [0.717, 1.165) is 24.3 Å². The normalized spacial score (nSPS) is 30.8. The van der Waals surface area contributed by atoms with Gasteiger partial charge in [-0.1, -0.05) is 5.16 Å². The van der Waals surface area contributed by atoms with E-state index in [1.165, 1.54) is 6.42 Å². The summed E-state index contributed by atoms with van der Waals surface area (Å²) in [5.74, 6) is 1.06. The number of amides is 1. The molecule has 17 heavy (non-hydrogen) atoms. The van der Waals surface area contributed by atoms with Gasteiger partial charge in [-0.05, 0) is 26.2 Å². The van der Waals surface area contributed by atoms with E-state index < -0.39 is 0 Å². The number of aryl methyl sites for hydroxylation is 1. The molecule has 5 nitrogen and oxygen atoms in total. The van der Waals surface area contributed by atoms with Crippen LogP contribution in [0.15, 0.2) is 10.6 Å². The third-order valence-corrected chi connectivity index (χ3v) is 3.76. The second-order valence-electron chi connectivity index (χ2n) is 5.04. The van der Waals surface area contributed by atoms with Crippen LogP contribution in [0.3, 0.4) is 0 Å². The summed E-state index contributed by atoms with van der Waals surface area (Å²) in [5, 5.41) is 10.3. The van der Waals surface area contributed by atoms with Crippen molar-refractivity contribution in [3.05, 3.63) is 17.5 Å². The number of hydrogen-bond donors (Lipinski definition) is 2. The van der Waals surface area contributed by atoms with Crippen LogP contribution in [-0.2, 0) is 11.3 Å². The molecule has 0 spiro atoms. The van der Waals surface area contributed by atoms with Crippen molar-refractivity contribution in [1.29, 1.82) is 0 Å². The molecule has 2 saturated heterocycles. The van der Waals surface area contributed by atoms with Crippen molar-refractivity contribution in [3.8, 4) is 0 Å². The summed E-state index contributed by atoms with van der Waals surface area (Å²) >= 11 is 0. The van der Waals surface area contributed by atoms with Crippen molar-refractivity contribution in [1.82, 2.24) is 15.8 Å². The van der Waals surface area contributed by atoms with Crippen molar-refractivity contribution >= 4 is 5.91 Å². The van der Waals surface area contributed by atoms with E-state index in [4.69, 9.17) is 4.52 Å². The Morgan fingerprint density at radius 2 is 2.53 bits per heavy atom. The van der Waals surface area contributed by atoms with Crippen LogP contribution in [0, 0.1) is 12.8 Å². The Kier molecular flexibility index (Phi) is 2.63. The number of hydrogen-bond acceptors (Lipinski definition) is 4. The van der Waals surface area contributed by atoms with Gasteiger partial charge in [0.15, 0.2) is 0 Å². The van der Waals surface area contributed by atoms with Gasteiger partial charge in [-0.25, -0.2) is 0 Å². The lowest BCUT2D eigenvalue weighted by molar-refractivity contribution is -0.125. The first-order valence-electron chi connectivity index (χ1n) is 6.18. The molecule has 1 amide bonds.